The van der Waals surface area contributed by atoms with Crippen LogP contribution in [0.25, 0.3) is 11.3 Å². The van der Waals surface area contributed by atoms with Gasteiger partial charge in [-0.05, 0) is 13.0 Å². The van der Waals surface area contributed by atoms with E-state index in [2.05, 4.69) is 35.5 Å². The summed E-state index contributed by atoms with van der Waals surface area (Å²) in [5.74, 6) is 0. The van der Waals surface area contributed by atoms with Gasteiger partial charge in [-0.25, -0.2) is 4.98 Å². The van der Waals surface area contributed by atoms with Gasteiger partial charge < -0.3 is 9.84 Å². The van der Waals surface area contributed by atoms with Crippen LogP contribution in [0.4, 0.5) is 0 Å². The summed E-state index contributed by atoms with van der Waals surface area (Å²) in [5.41, 5.74) is 3.09. The topological polar surface area (TPSA) is 42.4 Å². The van der Waals surface area contributed by atoms with Crippen molar-refractivity contribution in [3.05, 3.63) is 40.2 Å². The van der Waals surface area contributed by atoms with Crippen molar-refractivity contribution in [1.82, 2.24) is 4.98 Å². The fourth-order valence-corrected chi connectivity index (χ4v) is 3.08. The Morgan fingerprint density at radius 3 is 2.89 bits per heavy atom. The van der Waals surface area contributed by atoms with Crippen LogP contribution in [0.3, 0.4) is 0 Å². The summed E-state index contributed by atoms with van der Waals surface area (Å²) < 4.78 is 5.22. The van der Waals surface area contributed by atoms with Gasteiger partial charge in [0, 0.05) is 10.9 Å². The van der Waals surface area contributed by atoms with Gasteiger partial charge >= 0.3 is 0 Å². The van der Waals surface area contributed by atoms with Gasteiger partial charge in [-0.2, -0.15) is 0 Å². The SMILES string of the molecule is Cc1cccc(-c2csc(C3(CO)COC3)n2)c1. The molecule has 0 unspecified atom stereocenters. The highest BCUT2D eigenvalue weighted by atomic mass is 32.1. The van der Waals surface area contributed by atoms with Gasteiger partial charge in [0.25, 0.3) is 0 Å². The molecule has 0 amide bonds. The van der Waals surface area contributed by atoms with Crippen LogP contribution in [0.15, 0.2) is 29.6 Å². The zero-order chi connectivity index (χ0) is 12.6. The first-order chi connectivity index (χ1) is 8.73. The lowest BCUT2D eigenvalue weighted by Crippen LogP contribution is -2.49. The molecule has 0 bridgehead atoms. The molecule has 1 aliphatic heterocycles. The molecule has 1 aromatic carbocycles. The average molecular weight is 261 g/mol. The third kappa shape index (κ3) is 1.86. The predicted octanol–water partition coefficient (Wildman–Crippen LogP) is 2.38. The van der Waals surface area contributed by atoms with E-state index in [0.717, 1.165) is 16.3 Å². The van der Waals surface area contributed by atoms with E-state index in [1.165, 1.54) is 5.56 Å². The lowest BCUT2D eigenvalue weighted by molar-refractivity contribution is -0.0841. The highest BCUT2D eigenvalue weighted by Gasteiger charge is 2.42. The van der Waals surface area contributed by atoms with Crippen molar-refractivity contribution < 1.29 is 9.84 Å². The number of aromatic nitrogens is 1. The molecular formula is C14H15NO2S. The first kappa shape index (κ1) is 11.8. The third-order valence-electron chi connectivity index (χ3n) is 3.33. The number of ether oxygens (including phenoxy) is 1. The van der Waals surface area contributed by atoms with Gasteiger partial charge in [-0.1, -0.05) is 23.8 Å². The predicted molar refractivity (Wildman–Crippen MR) is 71.9 cm³/mol. The molecule has 0 radical (unpaired) electrons. The Hall–Kier alpha value is -1.23. The molecule has 0 spiro atoms. The summed E-state index contributed by atoms with van der Waals surface area (Å²) in [6, 6.07) is 8.31. The quantitative estimate of drug-likeness (QED) is 0.922. The van der Waals surface area contributed by atoms with Gasteiger partial charge in [0.2, 0.25) is 0 Å². The number of benzene rings is 1. The molecule has 0 aliphatic carbocycles. The van der Waals surface area contributed by atoms with Crippen LogP contribution in [0.5, 0.6) is 0 Å². The minimum Gasteiger partial charge on any atom is -0.395 e. The maximum atomic E-state index is 9.50. The van der Waals surface area contributed by atoms with Gasteiger partial charge in [0.1, 0.15) is 5.01 Å². The summed E-state index contributed by atoms with van der Waals surface area (Å²) in [4.78, 5) is 4.67. The average Bonchev–Trinajstić information content (AvgIpc) is 2.78. The van der Waals surface area contributed by atoms with Crippen LogP contribution in [-0.2, 0) is 10.2 Å². The highest BCUT2D eigenvalue weighted by molar-refractivity contribution is 7.10. The summed E-state index contributed by atoms with van der Waals surface area (Å²) in [6.07, 6.45) is 0. The van der Waals surface area contributed by atoms with Gasteiger partial charge in [0.15, 0.2) is 0 Å². The molecule has 1 N–H and O–H groups in total. The van der Waals surface area contributed by atoms with Crippen molar-refractivity contribution in [3.63, 3.8) is 0 Å². The number of hydrogen-bond acceptors (Lipinski definition) is 4. The first-order valence-corrected chi connectivity index (χ1v) is 6.83. The first-order valence-electron chi connectivity index (χ1n) is 5.95. The molecule has 2 heterocycles. The third-order valence-corrected chi connectivity index (χ3v) is 4.42. The molecule has 3 rings (SSSR count). The Bertz CT molecular complexity index is 555. The summed E-state index contributed by atoms with van der Waals surface area (Å²) in [7, 11) is 0. The van der Waals surface area contributed by atoms with Crippen LogP contribution in [0.2, 0.25) is 0 Å². The largest absolute Gasteiger partial charge is 0.395 e. The number of nitrogens with zero attached hydrogens (tertiary/aromatic N) is 1. The Balaban J connectivity index is 1.94. The Labute approximate surface area is 110 Å². The molecule has 3 nitrogen and oxygen atoms in total. The van der Waals surface area contributed by atoms with Crippen molar-refractivity contribution in [3.8, 4) is 11.3 Å². The lowest BCUT2D eigenvalue weighted by atomic mass is 9.88. The lowest BCUT2D eigenvalue weighted by Gasteiger charge is -2.37. The standard InChI is InChI=1S/C14H15NO2S/c1-10-3-2-4-11(5-10)12-6-18-13(15-12)14(7-16)8-17-9-14/h2-6,16H,7-9H2,1H3. The fourth-order valence-electron chi connectivity index (χ4n) is 2.09. The van der Waals surface area contributed by atoms with Crippen molar-refractivity contribution in [2.75, 3.05) is 19.8 Å². The number of hydrogen-bond donors (Lipinski definition) is 1. The van der Waals surface area contributed by atoms with Gasteiger partial charge in [-0.3, -0.25) is 0 Å². The van der Waals surface area contributed by atoms with Crippen LogP contribution in [0.1, 0.15) is 10.6 Å². The normalized spacial score (nSPS) is 17.4. The minimum absolute atomic E-state index is 0.105. The molecule has 1 aromatic heterocycles. The second kappa shape index (κ2) is 4.46. The zero-order valence-corrected chi connectivity index (χ0v) is 11.0. The Kier molecular flexibility index (Phi) is 2.93. The molecule has 4 heteroatoms. The van der Waals surface area contributed by atoms with E-state index >= 15 is 0 Å². The molecule has 1 saturated heterocycles. The molecular weight excluding hydrogens is 246 g/mol. The molecule has 0 atom stereocenters. The maximum absolute atomic E-state index is 9.50. The number of aliphatic hydroxyl groups is 1. The van der Waals surface area contributed by atoms with Crippen molar-refractivity contribution in [2.24, 2.45) is 0 Å². The van der Waals surface area contributed by atoms with Crippen LogP contribution in [0, 0.1) is 6.92 Å². The van der Waals surface area contributed by atoms with Crippen LogP contribution < -0.4 is 0 Å². The summed E-state index contributed by atoms with van der Waals surface area (Å²) in [5, 5.41) is 12.5. The van der Waals surface area contributed by atoms with Gasteiger partial charge in [-0.15, -0.1) is 11.3 Å². The van der Waals surface area contributed by atoms with Crippen molar-refractivity contribution >= 4 is 11.3 Å². The van der Waals surface area contributed by atoms with E-state index in [4.69, 9.17) is 4.74 Å². The van der Waals surface area contributed by atoms with E-state index in [0.29, 0.717) is 13.2 Å². The van der Waals surface area contributed by atoms with Crippen molar-refractivity contribution in [1.29, 1.82) is 0 Å². The molecule has 2 aromatic rings. The number of rotatable bonds is 3. The molecule has 1 fully saturated rings. The smallest absolute Gasteiger partial charge is 0.106 e. The Morgan fingerprint density at radius 1 is 1.44 bits per heavy atom. The number of aliphatic hydroxyl groups excluding tert-OH is 1. The molecule has 1 aliphatic rings. The fraction of sp³-hybridized carbons (Fsp3) is 0.357. The van der Waals surface area contributed by atoms with E-state index in [1.54, 1.807) is 11.3 Å². The Morgan fingerprint density at radius 2 is 2.28 bits per heavy atom. The van der Waals surface area contributed by atoms with Gasteiger partial charge in [0.05, 0.1) is 30.9 Å². The van der Waals surface area contributed by atoms with E-state index in [-0.39, 0.29) is 12.0 Å². The van der Waals surface area contributed by atoms with Crippen LogP contribution in [-0.4, -0.2) is 29.9 Å². The molecule has 18 heavy (non-hydrogen) atoms. The van der Waals surface area contributed by atoms with Crippen LogP contribution >= 0.6 is 11.3 Å². The van der Waals surface area contributed by atoms with E-state index in [1.807, 2.05) is 6.07 Å². The summed E-state index contributed by atoms with van der Waals surface area (Å²) in [6.45, 7) is 3.33. The molecule has 0 saturated carbocycles. The maximum Gasteiger partial charge on any atom is 0.106 e. The minimum atomic E-state index is -0.257. The zero-order valence-electron chi connectivity index (χ0n) is 10.2. The number of thiazole rings is 1. The van der Waals surface area contributed by atoms with Crippen molar-refractivity contribution in [2.45, 2.75) is 12.3 Å². The second-order valence-corrected chi connectivity index (χ2v) is 5.70. The summed E-state index contributed by atoms with van der Waals surface area (Å²) >= 11 is 1.61. The monoisotopic (exact) mass is 261 g/mol. The number of aryl methyl sites for hydroxylation is 1. The van der Waals surface area contributed by atoms with E-state index in [9.17, 15) is 5.11 Å². The molecule has 94 valence electrons. The second-order valence-electron chi connectivity index (χ2n) is 4.84. The van der Waals surface area contributed by atoms with E-state index < -0.39 is 0 Å². The highest BCUT2D eigenvalue weighted by Crippen LogP contribution is 2.35.